The van der Waals surface area contributed by atoms with Crippen LogP contribution in [-0.2, 0) is 0 Å². The standard InChI is InChI=1S/C48H30N6O/c55-47-44-43(37-24-12-15-27-41(37)53(47)33-20-8-3-9-21-33)38-30-34(52-39-25-13-10-22-35(39)36-23-11-14-26-40(36)52)28-29-42(38)54(44)48-50-45(31-16-4-1-5-17-31)49-46(51-48)32-18-6-2-7-19-32/h1-30H. The fourth-order valence-electron chi connectivity index (χ4n) is 8.13. The Balaban J connectivity index is 1.31. The van der Waals surface area contributed by atoms with Crippen LogP contribution in [0.25, 0.3) is 94.6 Å². The second kappa shape index (κ2) is 12.2. The minimum absolute atomic E-state index is 0.169. The number of pyridine rings is 1. The summed E-state index contributed by atoms with van der Waals surface area (Å²) in [7, 11) is 0. The minimum Gasteiger partial charge on any atom is -0.309 e. The molecule has 0 fully saturated rings. The highest BCUT2D eigenvalue weighted by Gasteiger charge is 2.25. The molecule has 4 heterocycles. The van der Waals surface area contributed by atoms with Gasteiger partial charge in [0.05, 0.1) is 22.1 Å². The van der Waals surface area contributed by atoms with Crippen LogP contribution < -0.4 is 5.56 Å². The molecule has 7 heteroatoms. The second-order valence-corrected chi connectivity index (χ2v) is 13.6. The van der Waals surface area contributed by atoms with Crippen LogP contribution in [0, 0.1) is 0 Å². The molecule has 0 saturated heterocycles. The molecule has 0 aliphatic rings. The highest BCUT2D eigenvalue weighted by Crippen LogP contribution is 2.39. The fraction of sp³-hybridized carbons (Fsp3) is 0. The van der Waals surface area contributed by atoms with Crippen LogP contribution in [0.15, 0.2) is 187 Å². The van der Waals surface area contributed by atoms with Gasteiger partial charge in [-0.05, 0) is 48.5 Å². The smallest absolute Gasteiger partial charge is 0.280 e. The van der Waals surface area contributed by atoms with Crippen molar-refractivity contribution in [1.82, 2.24) is 28.7 Å². The summed E-state index contributed by atoms with van der Waals surface area (Å²) in [4.78, 5) is 30.6. The molecule has 258 valence electrons. The molecular weight excluding hydrogens is 677 g/mol. The number of benzene rings is 7. The maximum absolute atomic E-state index is 15.3. The first kappa shape index (κ1) is 30.9. The van der Waals surface area contributed by atoms with E-state index in [-0.39, 0.29) is 5.56 Å². The predicted octanol–water partition coefficient (Wildman–Crippen LogP) is 10.7. The van der Waals surface area contributed by atoms with Gasteiger partial charge in [0.2, 0.25) is 5.95 Å². The van der Waals surface area contributed by atoms with Gasteiger partial charge in [-0.25, -0.2) is 4.98 Å². The van der Waals surface area contributed by atoms with Gasteiger partial charge in [0, 0.05) is 49.4 Å². The van der Waals surface area contributed by atoms with E-state index < -0.39 is 0 Å². The molecule has 11 aromatic rings. The van der Waals surface area contributed by atoms with Gasteiger partial charge < -0.3 is 4.57 Å². The van der Waals surface area contributed by atoms with Crippen LogP contribution in [0.1, 0.15) is 0 Å². The Labute approximate surface area is 314 Å². The van der Waals surface area contributed by atoms with E-state index in [0.717, 1.165) is 60.7 Å². The molecule has 0 aliphatic carbocycles. The lowest BCUT2D eigenvalue weighted by Gasteiger charge is -2.14. The van der Waals surface area contributed by atoms with Gasteiger partial charge in [-0.2, -0.15) is 9.97 Å². The summed E-state index contributed by atoms with van der Waals surface area (Å²) in [6, 6.07) is 61.2. The van der Waals surface area contributed by atoms with Crippen molar-refractivity contribution in [2.24, 2.45) is 0 Å². The van der Waals surface area contributed by atoms with Crippen LogP contribution in [0.4, 0.5) is 0 Å². The minimum atomic E-state index is -0.169. The first-order chi connectivity index (χ1) is 27.2. The van der Waals surface area contributed by atoms with Crippen LogP contribution in [0.2, 0.25) is 0 Å². The molecule has 4 aromatic heterocycles. The molecule has 0 unspecified atom stereocenters. The Morgan fingerprint density at radius 3 is 1.42 bits per heavy atom. The maximum atomic E-state index is 15.3. The summed E-state index contributed by atoms with van der Waals surface area (Å²) in [6.07, 6.45) is 0. The van der Waals surface area contributed by atoms with Crippen molar-refractivity contribution in [3.63, 3.8) is 0 Å². The SMILES string of the molecule is O=c1c2c(c3ccccc3n1-c1ccccc1)c1cc(-n3c4ccccc4c4ccccc43)ccc1n2-c1nc(-c2ccccc2)nc(-c2ccccc2)n1. The molecule has 0 spiro atoms. The Bertz CT molecular complexity index is 3220. The van der Waals surface area contributed by atoms with Crippen molar-refractivity contribution in [1.29, 1.82) is 0 Å². The van der Waals surface area contributed by atoms with E-state index in [1.807, 2.05) is 114 Å². The monoisotopic (exact) mass is 706 g/mol. The number of rotatable bonds is 5. The average Bonchev–Trinajstić information content (AvgIpc) is 3.78. The largest absolute Gasteiger partial charge is 0.309 e. The lowest BCUT2D eigenvalue weighted by atomic mass is 10.1. The van der Waals surface area contributed by atoms with Gasteiger partial charge in [0.25, 0.3) is 5.56 Å². The first-order valence-electron chi connectivity index (χ1n) is 18.3. The zero-order valence-corrected chi connectivity index (χ0v) is 29.4. The van der Waals surface area contributed by atoms with Crippen molar-refractivity contribution in [3.05, 3.63) is 192 Å². The van der Waals surface area contributed by atoms with Crippen molar-refractivity contribution in [2.45, 2.75) is 0 Å². The Morgan fingerprint density at radius 2 is 0.836 bits per heavy atom. The predicted molar refractivity (Wildman–Crippen MR) is 222 cm³/mol. The third-order valence-corrected chi connectivity index (χ3v) is 10.5. The molecule has 0 saturated carbocycles. The lowest BCUT2D eigenvalue weighted by Crippen LogP contribution is -2.21. The summed E-state index contributed by atoms with van der Waals surface area (Å²) in [5.41, 5.74) is 7.65. The van der Waals surface area contributed by atoms with E-state index >= 15 is 4.79 Å². The normalized spacial score (nSPS) is 11.7. The van der Waals surface area contributed by atoms with Crippen molar-refractivity contribution < 1.29 is 0 Å². The second-order valence-electron chi connectivity index (χ2n) is 13.6. The topological polar surface area (TPSA) is 70.5 Å². The molecule has 7 nitrogen and oxygen atoms in total. The third kappa shape index (κ3) is 4.77. The summed E-state index contributed by atoms with van der Waals surface area (Å²) >= 11 is 0. The van der Waals surface area contributed by atoms with Gasteiger partial charge in [-0.1, -0.05) is 133 Å². The fourth-order valence-corrected chi connectivity index (χ4v) is 8.13. The zero-order valence-electron chi connectivity index (χ0n) is 29.4. The highest BCUT2D eigenvalue weighted by atomic mass is 16.1. The maximum Gasteiger partial charge on any atom is 0.280 e. The molecule has 0 radical (unpaired) electrons. The number of hydrogen-bond acceptors (Lipinski definition) is 4. The van der Waals surface area contributed by atoms with E-state index in [0.29, 0.717) is 23.1 Å². The van der Waals surface area contributed by atoms with Crippen molar-refractivity contribution in [2.75, 3.05) is 0 Å². The van der Waals surface area contributed by atoms with Gasteiger partial charge in [0.15, 0.2) is 11.6 Å². The van der Waals surface area contributed by atoms with Crippen molar-refractivity contribution >= 4 is 54.5 Å². The zero-order chi connectivity index (χ0) is 36.5. The van der Waals surface area contributed by atoms with E-state index in [1.165, 1.54) is 10.8 Å². The van der Waals surface area contributed by atoms with Gasteiger partial charge in [0.1, 0.15) is 5.52 Å². The number of hydrogen-bond donors (Lipinski definition) is 0. The van der Waals surface area contributed by atoms with Gasteiger partial charge >= 0.3 is 0 Å². The van der Waals surface area contributed by atoms with E-state index in [1.54, 1.807) is 4.57 Å². The molecule has 0 aliphatic heterocycles. The van der Waals surface area contributed by atoms with Crippen LogP contribution in [0.3, 0.4) is 0 Å². The van der Waals surface area contributed by atoms with E-state index in [9.17, 15) is 0 Å². The van der Waals surface area contributed by atoms with Crippen LogP contribution in [0.5, 0.6) is 0 Å². The quantitative estimate of drug-likeness (QED) is 0.179. The van der Waals surface area contributed by atoms with E-state index in [4.69, 9.17) is 15.0 Å². The molecule has 7 aromatic carbocycles. The van der Waals surface area contributed by atoms with E-state index in [2.05, 4.69) is 77.4 Å². The average molecular weight is 707 g/mol. The van der Waals surface area contributed by atoms with Gasteiger partial charge in [-0.3, -0.25) is 13.9 Å². The molecule has 11 rings (SSSR count). The molecule has 0 N–H and O–H groups in total. The third-order valence-electron chi connectivity index (χ3n) is 10.5. The van der Waals surface area contributed by atoms with Crippen molar-refractivity contribution in [3.8, 4) is 40.1 Å². The highest BCUT2D eigenvalue weighted by molar-refractivity contribution is 6.21. The summed E-state index contributed by atoms with van der Waals surface area (Å²) in [5.74, 6) is 1.40. The molecule has 0 atom stereocenters. The molecule has 0 amide bonds. The Hall–Kier alpha value is -7.64. The summed E-state index contributed by atoms with van der Waals surface area (Å²) in [5, 5.41) is 5.08. The van der Waals surface area contributed by atoms with Crippen LogP contribution in [-0.4, -0.2) is 28.7 Å². The number of aromatic nitrogens is 6. The Kier molecular flexibility index (Phi) is 6.87. The lowest BCUT2D eigenvalue weighted by molar-refractivity contribution is 0.941. The molecular formula is C48H30N6O. The molecule has 0 bridgehead atoms. The number of fused-ring (bicyclic) bond motifs is 8. The molecule has 55 heavy (non-hydrogen) atoms. The first-order valence-corrected chi connectivity index (χ1v) is 18.3. The summed E-state index contributed by atoms with van der Waals surface area (Å²) < 4.78 is 6.05. The van der Waals surface area contributed by atoms with Gasteiger partial charge in [-0.15, -0.1) is 0 Å². The number of nitrogens with zero attached hydrogens (tertiary/aromatic N) is 6. The van der Waals surface area contributed by atoms with Crippen LogP contribution >= 0.6 is 0 Å². The summed E-state index contributed by atoms with van der Waals surface area (Å²) in [6.45, 7) is 0. The number of para-hydroxylation sites is 4. The Morgan fingerprint density at radius 1 is 0.364 bits per heavy atom.